The number of carbonyl (C=O) groups is 1. The van der Waals surface area contributed by atoms with Crippen LogP contribution in [0.3, 0.4) is 0 Å². The topological polar surface area (TPSA) is 46.5 Å². The van der Waals surface area contributed by atoms with Crippen molar-refractivity contribution >= 4 is 5.97 Å². The molecule has 0 aliphatic heterocycles. The fourth-order valence-electron chi connectivity index (χ4n) is 6.13. The van der Waals surface area contributed by atoms with E-state index in [0.29, 0.717) is 11.8 Å². The van der Waals surface area contributed by atoms with Crippen LogP contribution < -0.4 is 0 Å². The molecule has 0 heterocycles. The summed E-state index contributed by atoms with van der Waals surface area (Å²) in [6.07, 6.45) is 9.68. The van der Waals surface area contributed by atoms with Gasteiger partial charge >= 0.3 is 5.97 Å². The van der Waals surface area contributed by atoms with Crippen LogP contribution >= 0.6 is 0 Å². The van der Waals surface area contributed by atoms with Gasteiger partial charge < -0.3 is 9.84 Å². The Balaban J connectivity index is 2.01. The van der Waals surface area contributed by atoms with Crippen LogP contribution in [0.5, 0.6) is 0 Å². The fraction of sp³-hybridized carbons (Fsp3) is 0.762. The first-order valence-corrected chi connectivity index (χ1v) is 9.33. The average Bonchev–Trinajstić information content (AvgIpc) is 2.55. The molecule has 2 saturated carbocycles. The van der Waals surface area contributed by atoms with Gasteiger partial charge in [0.15, 0.2) is 0 Å². The van der Waals surface area contributed by atoms with Gasteiger partial charge in [-0.15, -0.1) is 6.58 Å². The number of ether oxygens (including phenoxy) is 1. The predicted molar refractivity (Wildman–Crippen MR) is 95.3 cm³/mol. The first-order valence-electron chi connectivity index (χ1n) is 9.33. The van der Waals surface area contributed by atoms with Crippen LogP contribution in [0.15, 0.2) is 24.3 Å². The Labute approximate surface area is 146 Å². The van der Waals surface area contributed by atoms with E-state index in [4.69, 9.17) is 4.74 Å². The van der Waals surface area contributed by atoms with E-state index in [9.17, 15) is 9.90 Å². The Morgan fingerprint density at radius 1 is 1.38 bits per heavy atom. The molecule has 6 atom stereocenters. The highest BCUT2D eigenvalue weighted by Gasteiger charge is 2.59. The Kier molecular flexibility index (Phi) is 4.23. The molecule has 0 spiro atoms. The molecule has 3 rings (SSSR count). The molecule has 24 heavy (non-hydrogen) atoms. The smallest absolute Gasteiger partial charge is 0.311 e. The van der Waals surface area contributed by atoms with Crippen molar-refractivity contribution in [1.82, 2.24) is 0 Å². The van der Waals surface area contributed by atoms with E-state index < -0.39 is 11.5 Å². The summed E-state index contributed by atoms with van der Waals surface area (Å²) in [7, 11) is 1.51. The Morgan fingerprint density at radius 2 is 2.08 bits per heavy atom. The third kappa shape index (κ3) is 2.31. The van der Waals surface area contributed by atoms with Crippen molar-refractivity contribution in [3.8, 4) is 0 Å². The van der Waals surface area contributed by atoms with Crippen LogP contribution in [-0.4, -0.2) is 24.3 Å². The zero-order valence-electron chi connectivity index (χ0n) is 15.6. The van der Waals surface area contributed by atoms with Crippen LogP contribution in [-0.2, 0) is 9.53 Å². The van der Waals surface area contributed by atoms with E-state index in [1.807, 2.05) is 6.08 Å². The molecule has 3 heteroatoms. The van der Waals surface area contributed by atoms with Crippen LogP contribution in [0.2, 0.25) is 0 Å². The van der Waals surface area contributed by atoms with E-state index in [1.54, 1.807) is 0 Å². The molecule has 0 radical (unpaired) electrons. The van der Waals surface area contributed by atoms with Gasteiger partial charge in [0, 0.05) is 5.41 Å². The number of fused-ring (bicyclic) bond motifs is 3. The van der Waals surface area contributed by atoms with E-state index in [1.165, 1.54) is 12.7 Å². The summed E-state index contributed by atoms with van der Waals surface area (Å²) >= 11 is 0. The maximum Gasteiger partial charge on any atom is 0.311 e. The summed E-state index contributed by atoms with van der Waals surface area (Å²) in [6, 6.07) is 0. The summed E-state index contributed by atoms with van der Waals surface area (Å²) in [5.74, 6) is 0.635. The van der Waals surface area contributed by atoms with E-state index in [2.05, 4.69) is 33.4 Å². The summed E-state index contributed by atoms with van der Waals surface area (Å²) in [6.45, 7) is 10.5. The lowest BCUT2D eigenvalue weighted by molar-refractivity contribution is -0.169. The van der Waals surface area contributed by atoms with Gasteiger partial charge in [-0.1, -0.05) is 38.0 Å². The van der Waals surface area contributed by atoms with Gasteiger partial charge in [-0.05, 0) is 56.3 Å². The number of allylic oxidation sites excluding steroid dienone is 1. The Bertz CT molecular complexity index is 580. The molecule has 3 nitrogen and oxygen atoms in total. The first-order chi connectivity index (χ1) is 11.2. The van der Waals surface area contributed by atoms with Crippen molar-refractivity contribution in [2.45, 2.75) is 65.4 Å². The van der Waals surface area contributed by atoms with Gasteiger partial charge in [0.05, 0.1) is 18.6 Å². The van der Waals surface area contributed by atoms with Crippen LogP contribution in [0.1, 0.15) is 59.3 Å². The number of hydrogen-bond acceptors (Lipinski definition) is 3. The molecule has 0 aromatic heterocycles. The number of aliphatic hydroxyl groups is 1. The normalized spacial score (nSPS) is 47.9. The lowest BCUT2D eigenvalue weighted by Gasteiger charge is -2.59. The highest BCUT2D eigenvalue weighted by atomic mass is 16.5. The van der Waals surface area contributed by atoms with Crippen molar-refractivity contribution in [3.05, 3.63) is 24.3 Å². The van der Waals surface area contributed by atoms with E-state index >= 15 is 0 Å². The second-order valence-electron chi connectivity index (χ2n) is 8.95. The molecule has 6 unspecified atom stereocenters. The zero-order valence-corrected chi connectivity index (χ0v) is 15.6. The molecule has 0 aromatic carbocycles. The van der Waals surface area contributed by atoms with E-state index in [0.717, 1.165) is 38.5 Å². The zero-order chi connectivity index (χ0) is 17.8. The molecule has 2 fully saturated rings. The number of methoxy groups -OCH3 is 1. The maximum absolute atomic E-state index is 12.6. The van der Waals surface area contributed by atoms with Gasteiger partial charge in [-0.2, -0.15) is 0 Å². The van der Waals surface area contributed by atoms with Gasteiger partial charge in [-0.25, -0.2) is 0 Å². The molecule has 0 bridgehead atoms. The minimum absolute atomic E-state index is 0.0573. The molecule has 0 saturated heterocycles. The van der Waals surface area contributed by atoms with Crippen molar-refractivity contribution in [3.63, 3.8) is 0 Å². The highest BCUT2D eigenvalue weighted by molar-refractivity contribution is 5.77. The summed E-state index contributed by atoms with van der Waals surface area (Å²) in [4.78, 5) is 12.6. The third-order valence-electron chi connectivity index (χ3n) is 7.71. The largest absolute Gasteiger partial charge is 0.469 e. The monoisotopic (exact) mass is 332 g/mol. The number of hydrogen-bond donors (Lipinski definition) is 1. The molecular formula is C21H32O3. The minimum atomic E-state index is -0.398. The SMILES string of the molecule is C=CC1(C)C=C2CCC3C(C)(C(=O)OC)CCCC3(C)C2CC1O. The van der Waals surface area contributed by atoms with Gasteiger partial charge in [0.1, 0.15) is 0 Å². The van der Waals surface area contributed by atoms with Crippen LogP contribution in [0.25, 0.3) is 0 Å². The highest BCUT2D eigenvalue weighted by Crippen LogP contribution is 2.64. The second kappa shape index (κ2) is 5.72. The summed E-state index contributed by atoms with van der Waals surface area (Å²) in [5, 5.41) is 10.7. The molecule has 3 aliphatic rings. The molecule has 1 N–H and O–H groups in total. The van der Waals surface area contributed by atoms with Crippen molar-refractivity contribution in [1.29, 1.82) is 0 Å². The lowest BCUT2D eigenvalue weighted by atomic mass is 9.45. The third-order valence-corrected chi connectivity index (χ3v) is 7.71. The first kappa shape index (κ1) is 17.7. The van der Waals surface area contributed by atoms with Gasteiger partial charge in [0.2, 0.25) is 0 Å². The number of rotatable bonds is 2. The maximum atomic E-state index is 12.6. The predicted octanol–water partition coefficient (Wildman–Crippen LogP) is 4.27. The number of carbonyl (C=O) groups excluding carboxylic acids is 1. The number of esters is 1. The lowest BCUT2D eigenvalue weighted by Crippen LogP contribution is -2.55. The summed E-state index contributed by atoms with van der Waals surface area (Å²) < 4.78 is 5.18. The average molecular weight is 332 g/mol. The molecule has 0 aromatic rings. The molecule has 0 amide bonds. The quantitative estimate of drug-likeness (QED) is 0.607. The van der Waals surface area contributed by atoms with Gasteiger partial charge in [0.25, 0.3) is 0 Å². The van der Waals surface area contributed by atoms with Crippen LogP contribution in [0, 0.1) is 28.1 Å². The Hall–Kier alpha value is -1.09. The van der Waals surface area contributed by atoms with Crippen molar-refractivity contribution in [2.24, 2.45) is 28.1 Å². The van der Waals surface area contributed by atoms with Crippen LogP contribution in [0.4, 0.5) is 0 Å². The fourth-order valence-corrected chi connectivity index (χ4v) is 6.13. The van der Waals surface area contributed by atoms with Gasteiger partial charge in [-0.3, -0.25) is 4.79 Å². The molecule has 3 aliphatic carbocycles. The molecule has 134 valence electrons. The molecular weight excluding hydrogens is 300 g/mol. The second-order valence-corrected chi connectivity index (χ2v) is 8.95. The van der Waals surface area contributed by atoms with Crippen molar-refractivity contribution < 1.29 is 14.6 Å². The number of aliphatic hydroxyl groups excluding tert-OH is 1. The van der Waals surface area contributed by atoms with Crippen molar-refractivity contribution in [2.75, 3.05) is 7.11 Å². The standard InChI is InChI=1S/C21H32O3/c1-6-19(2)13-14-8-9-16-20(3,15(14)12-17(19)22)10-7-11-21(16,4)18(23)24-5/h6,13,15-17,22H,1,7-12H2,2-5H3. The summed E-state index contributed by atoms with van der Waals surface area (Å²) in [5.41, 5.74) is 0.817. The minimum Gasteiger partial charge on any atom is -0.469 e. The van der Waals surface area contributed by atoms with E-state index in [-0.39, 0.29) is 16.8 Å². The Morgan fingerprint density at radius 3 is 2.71 bits per heavy atom.